The third kappa shape index (κ3) is 4.34. The molecule has 156 valence electrons. The minimum Gasteiger partial charge on any atom is -0.493 e. The lowest BCUT2D eigenvalue weighted by molar-refractivity contribution is 0.198. The number of benzene rings is 2. The van der Waals surface area contributed by atoms with Crippen molar-refractivity contribution in [3.63, 3.8) is 0 Å². The first-order chi connectivity index (χ1) is 14.0. The van der Waals surface area contributed by atoms with Crippen LogP contribution in [0.4, 0.5) is 4.39 Å². The Labute approximate surface area is 173 Å². The fourth-order valence-corrected chi connectivity index (χ4v) is 5.27. The van der Waals surface area contributed by atoms with E-state index in [0.29, 0.717) is 17.6 Å². The van der Waals surface area contributed by atoms with Gasteiger partial charge in [-0.1, -0.05) is 30.3 Å². The minimum atomic E-state index is -0.399. The van der Waals surface area contributed by atoms with Crippen LogP contribution in [0.1, 0.15) is 60.3 Å². The topological polar surface area (TPSA) is 55.5 Å². The summed E-state index contributed by atoms with van der Waals surface area (Å²) in [6.45, 7) is 0.0756. The molecule has 4 rings (SSSR count). The molecule has 3 atom stereocenters. The molecule has 2 aliphatic carbocycles. The third-order valence-electron chi connectivity index (χ3n) is 7.07. The number of aryl methyl sites for hydroxylation is 2. The second kappa shape index (κ2) is 8.45. The van der Waals surface area contributed by atoms with Crippen molar-refractivity contribution in [3.8, 4) is 5.75 Å². The Morgan fingerprint density at radius 2 is 2.07 bits per heavy atom. The van der Waals surface area contributed by atoms with Crippen LogP contribution in [0.2, 0.25) is 0 Å². The first-order valence-electron chi connectivity index (χ1n) is 10.8. The molecule has 2 aromatic rings. The van der Waals surface area contributed by atoms with Crippen molar-refractivity contribution in [1.29, 1.82) is 0 Å². The van der Waals surface area contributed by atoms with Crippen LogP contribution >= 0.6 is 0 Å². The van der Waals surface area contributed by atoms with Gasteiger partial charge in [0.15, 0.2) is 11.6 Å². The fraction of sp³-hybridized carbons (Fsp3) is 0.520. The highest BCUT2D eigenvalue weighted by Crippen LogP contribution is 2.41. The molecule has 0 spiro atoms. The van der Waals surface area contributed by atoms with Crippen LogP contribution in [0.5, 0.6) is 5.75 Å². The van der Waals surface area contributed by atoms with Gasteiger partial charge in [0.05, 0.1) is 13.7 Å². The van der Waals surface area contributed by atoms with Crippen LogP contribution < -0.4 is 10.5 Å². The Kier molecular flexibility index (Phi) is 5.93. The van der Waals surface area contributed by atoms with E-state index in [1.54, 1.807) is 6.07 Å². The Morgan fingerprint density at radius 3 is 2.83 bits per heavy atom. The summed E-state index contributed by atoms with van der Waals surface area (Å²) in [6.07, 6.45) is 8.11. The van der Waals surface area contributed by atoms with Gasteiger partial charge in [0.1, 0.15) is 0 Å². The van der Waals surface area contributed by atoms with Crippen LogP contribution in [0.3, 0.4) is 0 Å². The van der Waals surface area contributed by atoms with Crippen molar-refractivity contribution < 1.29 is 14.2 Å². The van der Waals surface area contributed by atoms with Gasteiger partial charge in [-0.25, -0.2) is 4.39 Å². The number of rotatable bonds is 6. The van der Waals surface area contributed by atoms with Crippen molar-refractivity contribution in [2.45, 2.75) is 62.8 Å². The van der Waals surface area contributed by atoms with Gasteiger partial charge in [-0.2, -0.15) is 0 Å². The molecular weight excluding hydrogens is 365 g/mol. The van der Waals surface area contributed by atoms with E-state index in [1.807, 2.05) is 6.07 Å². The van der Waals surface area contributed by atoms with E-state index in [4.69, 9.17) is 10.5 Å². The molecule has 0 radical (unpaired) electrons. The number of aliphatic hydroxyl groups excluding tert-OH is 1. The van der Waals surface area contributed by atoms with Gasteiger partial charge < -0.3 is 15.6 Å². The van der Waals surface area contributed by atoms with Crippen molar-refractivity contribution in [2.75, 3.05) is 13.7 Å². The number of fused-ring (bicyclic) bond motifs is 1. The maximum absolute atomic E-state index is 13.9. The Balaban J connectivity index is 1.39. The highest BCUT2D eigenvalue weighted by Gasteiger charge is 2.36. The van der Waals surface area contributed by atoms with Gasteiger partial charge in [-0.15, -0.1) is 0 Å². The molecule has 1 fully saturated rings. The number of methoxy groups -OCH3 is 1. The Morgan fingerprint density at radius 1 is 1.21 bits per heavy atom. The second-order valence-corrected chi connectivity index (χ2v) is 9.07. The number of halogens is 1. The van der Waals surface area contributed by atoms with E-state index in [1.165, 1.54) is 36.3 Å². The van der Waals surface area contributed by atoms with Crippen LogP contribution in [-0.2, 0) is 19.3 Å². The maximum Gasteiger partial charge on any atom is 0.165 e. The summed E-state index contributed by atoms with van der Waals surface area (Å²) >= 11 is 0. The molecule has 0 aromatic heterocycles. The number of aliphatic hydroxyl groups is 1. The Bertz CT molecular complexity index is 868. The quantitative estimate of drug-likeness (QED) is 0.753. The summed E-state index contributed by atoms with van der Waals surface area (Å²) in [6, 6.07) is 12.1. The largest absolute Gasteiger partial charge is 0.493 e. The van der Waals surface area contributed by atoms with E-state index < -0.39 is 5.54 Å². The zero-order chi connectivity index (χ0) is 20.4. The van der Waals surface area contributed by atoms with Crippen LogP contribution in [-0.4, -0.2) is 24.4 Å². The number of para-hydroxylation sites is 1. The normalized spacial score (nSPS) is 26.3. The molecule has 2 aliphatic rings. The third-order valence-corrected chi connectivity index (χ3v) is 7.07. The summed E-state index contributed by atoms with van der Waals surface area (Å²) in [5, 5.41) is 9.54. The zero-order valence-electron chi connectivity index (χ0n) is 17.3. The van der Waals surface area contributed by atoms with E-state index in [0.717, 1.165) is 50.5 Å². The van der Waals surface area contributed by atoms with Crippen molar-refractivity contribution in [1.82, 2.24) is 0 Å². The van der Waals surface area contributed by atoms with Crippen molar-refractivity contribution in [3.05, 3.63) is 64.5 Å². The minimum absolute atomic E-state index is 0.0756. The van der Waals surface area contributed by atoms with Gasteiger partial charge in [-0.05, 0) is 91.5 Å². The van der Waals surface area contributed by atoms with Gasteiger partial charge in [-0.3, -0.25) is 0 Å². The number of hydrogen-bond acceptors (Lipinski definition) is 3. The summed E-state index contributed by atoms with van der Waals surface area (Å²) in [7, 11) is 1.54. The van der Waals surface area contributed by atoms with E-state index in [9.17, 15) is 9.50 Å². The van der Waals surface area contributed by atoms with Crippen molar-refractivity contribution in [2.24, 2.45) is 11.7 Å². The van der Waals surface area contributed by atoms with Crippen LogP contribution in [0.25, 0.3) is 0 Å². The monoisotopic (exact) mass is 397 g/mol. The lowest BCUT2D eigenvalue weighted by Gasteiger charge is -2.26. The predicted octanol–water partition coefficient (Wildman–Crippen LogP) is 4.53. The predicted molar refractivity (Wildman–Crippen MR) is 114 cm³/mol. The maximum atomic E-state index is 13.9. The molecule has 0 heterocycles. The molecule has 2 aromatic carbocycles. The lowest BCUT2D eigenvalue weighted by atomic mass is 9.79. The molecule has 0 aliphatic heterocycles. The number of nitrogens with two attached hydrogens (primary N) is 1. The molecule has 3 N–H and O–H groups in total. The SMILES string of the molecule is COc1c(F)cccc1CC[C@@H]1CCc2cc([C@H]3CC[C@](N)(CO)C3)ccc2C1. The molecule has 0 amide bonds. The summed E-state index contributed by atoms with van der Waals surface area (Å²) < 4.78 is 19.2. The summed E-state index contributed by atoms with van der Waals surface area (Å²) in [5.41, 5.74) is 11.1. The molecule has 0 saturated heterocycles. The lowest BCUT2D eigenvalue weighted by Crippen LogP contribution is -2.40. The van der Waals surface area contributed by atoms with Crippen LogP contribution in [0, 0.1) is 11.7 Å². The van der Waals surface area contributed by atoms with Crippen molar-refractivity contribution >= 4 is 0 Å². The fourth-order valence-electron chi connectivity index (χ4n) is 5.27. The van der Waals surface area contributed by atoms with Gasteiger partial charge in [0.25, 0.3) is 0 Å². The number of ether oxygens (including phenoxy) is 1. The smallest absolute Gasteiger partial charge is 0.165 e. The standard InChI is InChI=1S/C25H32FNO2/c1-29-24-18(3-2-4-23(24)26)7-5-17-6-8-20-14-21(10-9-19(20)13-17)22-11-12-25(27,15-22)16-28/h2-4,9-10,14,17,22,28H,5-8,11-13,15-16,27H2,1H3/t17-,22+,25-/m1/s1. The first-order valence-corrected chi connectivity index (χ1v) is 10.8. The summed E-state index contributed by atoms with van der Waals surface area (Å²) in [5.74, 6) is 1.21. The Hall–Kier alpha value is -1.91. The first kappa shape index (κ1) is 20.4. The molecule has 1 saturated carbocycles. The molecular formula is C25H32FNO2. The van der Waals surface area contributed by atoms with E-state index in [2.05, 4.69) is 18.2 Å². The average molecular weight is 398 g/mol. The van der Waals surface area contributed by atoms with Gasteiger partial charge in [0.2, 0.25) is 0 Å². The summed E-state index contributed by atoms with van der Waals surface area (Å²) in [4.78, 5) is 0. The molecule has 4 heteroatoms. The van der Waals surface area contributed by atoms with Gasteiger partial charge in [0, 0.05) is 5.54 Å². The molecule has 0 unspecified atom stereocenters. The number of hydrogen-bond donors (Lipinski definition) is 2. The molecule has 0 bridgehead atoms. The average Bonchev–Trinajstić information content (AvgIpc) is 3.14. The van der Waals surface area contributed by atoms with Gasteiger partial charge >= 0.3 is 0 Å². The second-order valence-electron chi connectivity index (χ2n) is 9.07. The molecule has 29 heavy (non-hydrogen) atoms. The molecule has 3 nitrogen and oxygen atoms in total. The highest BCUT2D eigenvalue weighted by atomic mass is 19.1. The zero-order valence-corrected chi connectivity index (χ0v) is 17.3. The highest BCUT2D eigenvalue weighted by molar-refractivity contribution is 5.37. The van der Waals surface area contributed by atoms with E-state index >= 15 is 0 Å². The van der Waals surface area contributed by atoms with Crippen LogP contribution in [0.15, 0.2) is 36.4 Å². The van der Waals surface area contributed by atoms with E-state index in [-0.39, 0.29) is 12.4 Å².